The predicted octanol–water partition coefficient (Wildman–Crippen LogP) is 3.80. The zero-order chi connectivity index (χ0) is 20.4. The summed E-state index contributed by atoms with van der Waals surface area (Å²) in [5.41, 5.74) is 1.78. The molecule has 1 aliphatic rings. The monoisotopic (exact) mass is 427 g/mol. The summed E-state index contributed by atoms with van der Waals surface area (Å²) in [5, 5.41) is 5.10. The third-order valence-electron chi connectivity index (χ3n) is 5.38. The van der Waals surface area contributed by atoms with Crippen molar-refractivity contribution >= 4 is 43.9 Å². The molecule has 1 N–H and O–H groups in total. The van der Waals surface area contributed by atoms with Crippen molar-refractivity contribution in [3.8, 4) is 0 Å². The van der Waals surface area contributed by atoms with Gasteiger partial charge in [0.05, 0.1) is 10.6 Å². The maximum Gasteiger partial charge on any atom is 0.264 e. The van der Waals surface area contributed by atoms with E-state index in [9.17, 15) is 8.42 Å². The Morgan fingerprint density at radius 1 is 0.931 bits per heavy atom. The molecule has 0 unspecified atom stereocenters. The molecule has 1 aliphatic heterocycles. The van der Waals surface area contributed by atoms with Gasteiger partial charge in [-0.2, -0.15) is 0 Å². The third kappa shape index (κ3) is 3.70. The first-order valence-corrected chi connectivity index (χ1v) is 12.3. The van der Waals surface area contributed by atoms with Crippen molar-refractivity contribution in [2.45, 2.75) is 9.79 Å². The normalized spacial score (nSPS) is 14.9. The van der Waals surface area contributed by atoms with Gasteiger partial charge in [-0.3, -0.25) is 4.31 Å². The summed E-state index contributed by atoms with van der Waals surface area (Å²) in [4.78, 5) is 3.59. The van der Waals surface area contributed by atoms with Crippen LogP contribution in [0.5, 0.6) is 0 Å². The van der Waals surface area contributed by atoms with Gasteiger partial charge < -0.3 is 10.2 Å². The van der Waals surface area contributed by atoms with E-state index in [1.807, 2.05) is 60.9 Å². The number of para-hydroxylation sites is 1. The lowest BCUT2D eigenvalue weighted by atomic mass is 10.1. The van der Waals surface area contributed by atoms with Gasteiger partial charge in [-0.15, -0.1) is 11.8 Å². The Bertz CT molecular complexity index is 1130. The third-order valence-corrected chi connectivity index (χ3v) is 8.00. The number of sulfonamides is 1. The second-order valence-corrected chi connectivity index (χ2v) is 9.80. The van der Waals surface area contributed by atoms with E-state index in [1.54, 1.807) is 24.9 Å². The molecule has 0 spiro atoms. The molecular weight excluding hydrogens is 402 g/mol. The number of hydrogen-bond acceptors (Lipinski definition) is 5. The number of nitrogens with zero attached hydrogens (tertiary/aromatic N) is 2. The molecule has 0 atom stereocenters. The van der Waals surface area contributed by atoms with Gasteiger partial charge in [0.15, 0.2) is 0 Å². The lowest BCUT2D eigenvalue weighted by Gasteiger charge is -2.31. The van der Waals surface area contributed by atoms with Crippen LogP contribution < -0.4 is 14.5 Å². The van der Waals surface area contributed by atoms with Crippen molar-refractivity contribution in [2.24, 2.45) is 0 Å². The molecule has 0 aliphatic carbocycles. The van der Waals surface area contributed by atoms with Crippen LogP contribution in [0.15, 0.2) is 70.5 Å². The molecule has 4 rings (SSSR count). The minimum absolute atomic E-state index is 0.338. The van der Waals surface area contributed by atoms with Crippen LogP contribution in [0.4, 0.5) is 11.4 Å². The maximum absolute atomic E-state index is 13.6. The van der Waals surface area contributed by atoms with Crippen LogP contribution in [0.3, 0.4) is 0 Å². The van der Waals surface area contributed by atoms with Crippen molar-refractivity contribution in [3.05, 3.63) is 60.7 Å². The van der Waals surface area contributed by atoms with Crippen LogP contribution in [-0.2, 0) is 10.0 Å². The molecule has 0 aromatic heterocycles. The van der Waals surface area contributed by atoms with Crippen LogP contribution in [0.25, 0.3) is 10.8 Å². The van der Waals surface area contributed by atoms with E-state index >= 15 is 0 Å². The van der Waals surface area contributed by atoms with Gasteiger partial charge in [-0.05, 0) is 30.5 Å². The lowest BCUT2D eigenvalue weighted by Crippen LogP contribution is -2.43. The fourth-order valence-corrected chi connectivity index (χ4v) is 5.92. The summed E-state index contributed by atoms with van der Waals surface area (Å²) in [5.74, 6) is 0. The van der Waals surface area contributed by atoms with Crippen LogP contribution in [-0.4, -0.2) is 47.9 Å². The second-order valence-electron chi connectivity index (χ2n) is 7.01. The molecule has 0 saturated carbocycles. The van der Waals surface area contributed by atoms with Gasteiger partial charge in [0.25, 0.3) is 10.0 Å². The summed E-state index contributed by atoms with van der Waals surface area (Å²) in [6.45, 7) is 3.69. The molecular formula is C22H25N3O2S2. The maximum atomic E-state index is 13.6. The molecule has 1 heterocycles. The lowest BCUT2D eigenvalue weighted by molar-refractivity contribution is 0.589. The van der Waals surface area contributed by atoms with Crippen molar-refractivity contribution in [3.63, 3.8) is 0 Å². The Balaban J connectivity index is 1.83. The summed E-state index contributed by atoms with van der Waals surface area (Å²) in [6.07, 6.45) is 1.96. The van der Waals surface area contributed by atoms with Crippen LogP contribution in [0, 0.1) is 0 Å². The second kappa shape index (κ2) is 8.26. The van der Waals surface area contributed by atoms with Gasteiger partial charge in [0.1, 0.15) is 0 Å². The topological polar surface area (TPSA) is 52.7 Å². The largest absolute Gasteiger partial charge is 0.368 e. The van der Waals surface area contributed by atoms with Gasteiger partial charge in [-0.25, -0.2) is 8.42 Å². The van der Waals surface area contributed by atoms with Crippen molar-refractivity contribution < 1.29 is 8.42 Å². The Morgan fingerprint density at radius 2 is 1.59 bits per heavy atom. The highest BCUT2D eigenvalue weighted by Crippen LogP contribution is 2.36. The van der Waals surface area contributed by atoms with E-state index in [1.165, 1.54) is 4.31 Å². The van der Waals surface area contributed by atoms with E-state index in [0.717, 1.165) is 47.5 Å². The average Bonchev–Trinajstić information content (AvgIpc) is 2.78. The Hall–Kier alpha value is -2.22. The highest BCUT2D eigenvalue weighted by molar-refractivity contribution is 7.99. The Kier molecular flexibility index (Phi) is 5.72. The number of hydrogen-bond donors (Lipinski definition) is 1. The fourth-order valence-electron chi connectivity index (χ4n) is 3.83. The highest BCUT2D eigenvalue weighted by atomic mass is 32.2. The number of benzene rings is 3. The van der Waals surface area contributed by atoms with E-state index in [-0.39, 0.29) is 0 Å². The van der Waals surface area contributed by atoms with Crippen molar-refractivity contribution in [1.82, 2.24) is 5.32 Å². The Labute approximate surface area is 176 Å². The molecule has 1 saturated heterocycles. The first-order chi connectivity index (χ1) is 14.0. The van der Waals surface area contributed by atoms with Crippen LogP contribution in [0.1, 0.15) is 0 Å². The minimum Gasteiger partial charge on any atom is -0.368 e. The van der Waals surface area contributed by atoms with Crippen LogP contribution in [0.2, 0.25) is 0 Å². The first kappa shape index (κ1) is 20.1. The first-order valence-electron chi connectivity index (χ1n) is 9.63. The zero-order valence-corrected chi connectivity index (χ0v) is 18.3. The highest BCUT2D eigenvalue weighted by Gasteiger charge is 2.26. The molecule has 5 nitrogen and oxygen atoms in total. The number of fused-ring (bicyclic) bond motifs is 1. The molecule has 0 amide bonds. The predicted molar refractivity (Wildman–Crippen MR) is 123 cm³/mol. The van der Waals surface area contributed by atoms with Gasteiger partial charge >= 0.3 is 0 Å². The quantitative estimate of drug-likeness (QED) is 0.628. The molecule has 0 bridgehead atoms. The molecule has 3 aromatic carbocycles. The number of anilines is 2. The molecule has 152 valence electrons. The Morgan fingerprint density at radius 3 is 2.31 bits per heavy atom. The SMILES string of the molecule is CSc1ccccc1N(C)S(=O)(=O)c1ccc(N2CCNCC2)c2ccccc12. The van der Waals surface area contributed by atoms with Crippen molar-refractivity contribution in [1.29, 1.82) is 0 Å². The number of piperazine rings is 1. The smallest absolute Gasteiger partial charge is 0.264 e. The summed E-state index contributed by atoms with van der Waals surface area (Å²) in [7, 11) is -2.08. The number of rotatable bonds is 5. The van der Waals surface area contributed by atoms with E-state index in [0.29, 0.717) is 10.6 Å². The van der Waals surface area contributed by atoms with E-state index in [2.05, 4.69) is 10.2 Å². The average molecular weight is 428 g/mol. The molecule has 29 heavy (non-hydrogen) atoms. The summed E-state index contributed by atoms with van der Waals surface area (Å²) in [6, 6.07) is 19.1. The number of nitrogens with one attached hydrogen (secondary N) is 1. The van der Waals surface area contributed by atoms with Gasteiger partial charge in [-0.1, -0.05) is 36.4 Å². The standard InChI is InChI=1S/C22H25N3O2S2/c1-24(20-9-5-6-10-21(20)28-2)29(26,27)22-12-11-19(25-15-13-23-14-16-25)17-7-3-4-8-18(17)22/h3-12,23H,13-16H2,1-2H3. The summed E-state index contributed by atoms with van der Waals surface area (Å²) >= 11 is 1.54. The van der Waals surface area contributed by atoms with E-state index in [4.69, 9.17) is 0 Å². The molecule has 1 fully saturated rings. The summed E-state index contributed by atoms with van der Waals surface area (Å²) < 4.78 is 28.6. The molecule has 3 aromatic rings. The minimum atomic E-state index is -3.71. The van der Waals surface area contributed by atoms with E-state index < -0.39 is 10.0 Å². The zero-order valence-electron chi connectivity index (χ0n) is 16.6. The fraction of sp³-hybridized carbons (Fsp3) is 0.273. The molecule has 7 heteroatoms. The van der Waals surface area contributed by atoms with Crippen molar-refractivity contribution in [2.75, 3.05) is 48.7 Å². The van der Waals surface area contributed by atoms with Gasteiger partial charge in [0.2, 0.25) is 0 Å². The van der Waals surface area contributed by atoms with Crippen LogP contribution >= 0.6 is 11.8 Å². The van der Waals surface area contributed by atoms with Gasteiger partial charge in [0, 0.05) is 54.6 Å². The number of thioether (sulfide) groups is 1. The molecule has 0 radical (unpaired) electrons.